The van der Waals surface area contributed by atoms with E-state index in [9.17, 15) is 4.79 Å². The molecule has 4 heteroatoms. The zero-order valence-corrected chi connectivity index (χ0v) is 13.4. The van der Waals surface area contributed by atoms with E-state index in [4.69, 9.17) is 5.11 Å². The lowest BCUT2D eigenvalue weighted by Crippen LogP contribution is -2.41. The van der Waals surface area contributed by atoms with Crippen LogP contribution >= 0.6 is 11.8 Å². The summed E-state index contributed by atoms with van der Waals surface area (Å²) in [4.78, 5) is 14.6. The summed E-state index contributed by atoms with van der Waals surface area (Å²) < 4.78 is 0. The van der Waals surface area contributed by atoms with Gasteiger partial charge < -0.3 is 10.0 Å². The molecule has 21 heavy (non-hydrogen) atoms. The van der Waals surface area contributed by atoms with E-state index in [1.807, 2.05) is 41.8 Å². The number of aryl methyl sites for hydroxylation is 1. The van der Waals surface area contributed by atoms with Crippen LogP contribution in [0.5, 0.6) is 0 Å². The Hall–Kier alpha value is -1.44. The monoisotopic (exact) mass is 303 g/mol. The third-order valence-corrected chi connectivity index (χ3v) is 5.04. The summed E-state index contributed by atoms with van der Waals surface area (Å²) in [6.45, 7) is 5.59. The number of hydrogen-bond acceptors (Lipinski definition) is 3. The van der Waals surface area contributed by atoms with Gasteiger partial charge >= 0.3 is 0 Å². The minimum Gasteiger partial charge on any atom is -0.384 e. The first-order chi connectivity index (χ1) is 10.2. The van der Waals surface area contributed by atoms with E-state index >= 15 is 0 Å². The standard InChI is InChI=1S/C17H21NO2S/c1-3-16-12-18(8-10-21-16)17(20)15-7-6-13(2)14(11-15)5-4-9-19/h6-7,11,16,19H,3,8-10,12H2,1-2H3. The number of aliphatic hydroxyl groups is 1. The van der Waals surface area contributed by atoms with Crippen LogP contribution in [0.25, 0.3) is 0 Å². The molecular weight excluding hydrogens is 282 g/mol. The molecule has 1 fully saturated rings. The molecule has 0 radical (unpaired) electrons. The zero-order chi connectivity index (χ0) is 15.2. The molecule has 1 aromatic rings. The maximum Gasteiger partial charge on any atom is 0.253 e. The minimum absolute atomic E-state index is 0.0841. The molecule has 1 aromatic carbocycles. The van der Waals surface area contributed by atoms with Crippen LogP contribution in [0.1, 0.15) is 34.8 Å². The highest BCUT2D eigenvalue weighted by molar-refractivity contribution is 8.00. The normalized spacial score (nSPS) is 18.0. The summed E-state index contributed by atoms with van der Waals surface area (Å²) in [6.07, 6.45) is 1.09. The van der Waals surface area contributed by atoms with Crippen molar-refractivity contribution in [3.8, 4) is 11.8 Å². The van der Waals surface area contributed by atoms with Gasteiger partial charge in [-0.25, -0.2) is 0 Å². The van der Waals surface area contributed by atoms with Gasteiger partial charge in [0.2, 0.25) is 0 Å². The summed E-state index contributed by atoms with van der Waals surface area (Å²) >= 11 is 1.95. The summed E-state index contributed by atoms with van der Waals surface area (Å²) in [6, 6.07) is 5.62. The van der Waals surface area contributed by atoms with Crippen LogP contribution in [0.4, 0.5) is 0 Å². The Kier molecular flexibility index (Phi) is 5.72. The van der Waals surface area contributed by atoms with Crippen LogP contribution in [0.3, 0.4) is 0 Å². The van der Waals surface area contributed by atoms with E-state index in [2.05, 4.69) is 18.8 Å². The predicted molar refractivity (Wildman–Crippen MR) is 87.6 cm³/mol. The van der Waals surface area contributed by atoms with E-state index in [0.717, 1.165) is 36.4 Å². The summed E-state index contributed by atoms with van der Waals surface area (Å²) in [5.41, 5.74) is 2.52. The second kappa shape index (κ2) is 7.53. The van der Waals surface area contributed by atoms with Gasteiger partial charge in [-0.15, -0.1) is 0 Å². The maximum absolute atomic E-state index is 12.6. The third kappa shape index (κ3) is 4.03. The van der Waals surface area contributed by atoms with Crippen molar-refractivity contribution in [1.82, 2.24) is 4.90 Å². The number of carbonyl (C=O) groups is 1. The molecule has 1 N–H and O–H groups in total. The average Bonchev–Trinajstić information content (AvgIpc) is 2.53. The first-order valence-corrected chi connectivity index (χ1v) is 8.31. The predicted octanol–water partition coefficient (Wildman–Crippen LogP) is 2.31. The molecule has 112 valence electrons. The summed E-state index contributed by atoms with van der Waals surface area (Å²) in [5.74, 6) is 6.64. The number of hydrogen-bond donors (Lipinski definition) is 1. The summed E-state index contributed by atoms with van der Waals surface area (Å²) in [7, 11) is 0. The number of benzene rings is 1. The van der Waals surface area contributed by atoms with Gasteiger partial charge in [0.1, 0.15) is 6.61 Å². The molecule has 1 unspecified atom stereocenters. The molecule has 3 nitrogen and oxygen atoms in total. The van der Waals surface area contributed by atoms with E-state index in [-0.39, 0.29) is 12.5 Å². The van der Waals surface area contributed by atoms with Crippen LogP contribution in [-0.4, -0.2) is 46.6 Å². The van der Waals surface area contributed by atoms with Gasteiger partial charge in [0.25, 0.3) is 5.91 Å². The van der Waals surface area contributed by atoms with Crippen molar-refractivity contribution in [3.63, 3.8) is 0 Å². The lowest BCUT2D eigenvalue weighted by atomic mass is 10.0. The molecule has 0 aromatic heterocycles. The van der Waals surface area contributed by atoms with Crippen LogP contribution in [0.15, 0.2) is 18.2 Å². The highest BCUT2D eigenvalue weighted by Crippen LogP contribution is 2.23. The van der Waals surface area contributed by atoms with Gasteiger partial charge in [0, 0.05) is 35.2 Å². The van der Waals surface area contributed by atoms with Crippen molar-refractivity contribution in [2.75, 3.05) is 25.4 Å². The number of nitrogens with zero attached hydrogens (tertiary/aromatic N) is 1. The fourth-order valence-electron chi connectivity index (χ4n) is 2.36. The van der Waals surface area contributed by atoms with Crippen LogP contribution in [0, 0.1) is 18.8 Å². The molecule has 1 heterocycles. The molecule has 0 saturated carbocycles. The third-order valence-electron chi connectivity index (χ3n) is 3.67. The Morgan fingerprint density at radius 1 is 1.52 bits per heavy atom. The maximum atomic E-state index is 12.6. The zero-order valence-electron chi connectivity index (χ0n) is 12.6. The number of aliphatic hydroxyl groups excluding tert-OH is 1. The Balaban J connectivity index is 2.19. The highest BCUT2D eigenvalue weighted by Gasteiger charge is 2.24. The van der Waals surface area contributed by atoms with Crippen molar-refractivity contribution in [1.29, 1.82) is 0 Å². The minimum atomic E-state index is -0.168. The van der Waals surface area contributed by atoms with Crippen molar-refractivity contribution in [2.45, 2.75) is 25.5 Å². The Bertz CT molecular complexity index is 574. The van der Waals surface area contributed by atoms with E-state index in [1.165, 1.54) is 0 Å². The second-order valence-corrected chi connectivity index (χ2v) is 6.55. The molecule has 1 amide bonds. The van der Waals surface area contributed by atoms with E-state index in [1.54, 1.807) is 0 Å². The molecule has 0 spiro atoms. The van der Waals surface area contributed by atoms with E-state index < -0.39 is 0 Å². The lowest BCUT2D eigenvalue weighted by molar-refractivity contribution is 0.0761. The Labute approximate surface area is 130 Å². The molecule has 2 rings (SSSR count). The molecule has 1 aliphatic heterocycles. The molecular formula is C17H21NO2S. The van der Waals surface area contributed by atoms with Crippen LogP contribution in [-0.2, 0) is 0 Å². The first kappa shape index (κ1) is 15.9. The number of thioether (sulfide) groups is 1. The number of carbonyl (C=O) groups excluding carboxylic acids is 1. The molecule has 0 bridgehead atoms. The lowest BCUT2D eigenvalue weighted by Gasteiger charge is -2.32. The fourth-order valence-corrected chi connectivity index (χ4v) is 3.54. The van der Waals surface area contributed by atoms with Crippen molar-refractivity contribution >= 4 is 17.7 Å². The van der Waals surface area contributed by atoms with Crippen molar-refractivity contribution in [3.05, 3.63) is 34.9 Å². The largest absolute Gasteiger partial charge is 0.384 e. The van der Waals surface area contributed by atoms with Gasteiger partial charge in [-0.05, 0) is 31.0 Å². The SMILES string of the molecule is CCC1CN(C(=O)c2ccc(C)c(C#CCO)c2)CCS1. The Morgan fingerprint density at radius 2 is 2.33 bits per heavy atom. The fraction of sp³-hybridized carbons (Fsp3) is 0.471. The number of rotatable bonds is 2. The van der Waals surface area contributed by atoms with Crippen LogP contribution < -0.4 is 0 Å². The molecule has 1 atom stereocenters. The Morgan fingerprint density at radius 3 is 3.05 bits per heavy atom. The molecule has 0 aliphatic carbocycles. The van der Waals surface area contributed by atoms with Gasteiger partial charge in [0.05, 0.1) is 0 Å². The smallest absolute Gasteiger partial charge is 0.253 e. The van der Waals surface area contributed by atoms with Crippen molar-refractivity contribution < 1.29 is 9.90 Å². The van der Waals surface area contributed by atoms with Crippen LogP contribution in [0.2, 0.25) is 0 Å². The molecule has 1 saturated heterocycles. The topological polar surface area (TPSA) is 40.5 Å². The van der Waals surface area contributed by atoms with Gasteiger partial charge in [-0.3, -0.25) is 4.79 Å². The number of amides is 1. The van der Waals surface area contributed by atoms with E-state index in [0.29, 0.717) is 10.8 Å². The van der Waals surface area contributed by atoms with Crippen molar-refractivity contribution in [2.24, 2.45) is 0 Å². The van der Waals surface area contributed by atoms with Gasteiger partial charge in [-0.2, -0.15) is 11.8 Å². The first-order valence-electron chi connectivity index (χ1n) is 7.27. The van der Waals surface area contributed by atoms with Gasteiger partial charge in [-0.1, -0.05) is 24.8 Å². The quantitative estimate of drug-likeness (QED) is 0.852. The van der Waals surface area contributed by atoms with Gasteiger partial charge in [0.15, 0.2) is 0 Å². The second-order valence-electron chi connectivity index (χ2n) is 5.14. The summed E-state index contributed by atoms with van der Waals surface area (Å²) in [5, 5.41) is 9.35. The average molecular weight is 303 g/mol. The molecule has 1 aliphatic rings. The highest BCUT2D eigenvalue weighted by atomic mass is 32.2.